The maximum Gasteiger partial charge on any atom is 0.220 e. The highest BCUT2D eigenvalue weighted by Crippen LogP contribution is 2.21. The molecule has 2 aliphatic heterocycles. The van der Waals surface area contributed by atoms with Gasteiger partial charge < -0.3 is 20.4 Å². The largest absolute Gasteiger partial charge is 0.364 e. The van der Waals surface area contributed by atoms with E-state index >= 15 is 0 Å². The molecule has 2 N–H and O–H groups in total. The van der Waals surface area contributed by atoms with Crippen molar-refractivity contribution >= 4 is 17.6 Å². The Hall–Kier alpha value is -2.50. The molecule has 0 saturated carbocycles. The van der Waals surface area contributed by atoms with E-state index in [0.29, 0.717) is 12.3 Å². The normalized spacial score (nSPS) is 18.1. The summed E-state index contributed by atoms with van der Waals surface area (Å²) in [6.45, 7) is 4.63. The van der Waals surface area contributed by atoms with Gasteiger partial charge in [-0.3, -0.25) is 9.79 Å². The lowest BCUT2D eigenvalue weighted by Crippen LogP contribution is -2.45. The first kappa shape index (κ1) is 19.3. The molecule has 1 amide bonds. The maximum absolute atomic E-state index is 11.6. The number of amides is 1. The number of guanidine groups is 1. The maximum atomic E-state index is 11.6. The molecular formula is C21H31N5O. The van der Waals surface area contributed by atoms with Gasteiger partial charge in [-0.1, -0.05) is 24.3 Å². The number of carbonyl (C=O) groups is 1. The number of piperidine rings is 1. The molecule has 0 atom stereocenters. The monoisotopic (exact) mass is 369 g/mol. The highest BCUT2D eigenvalue weighted by Gasteiger charge is 2.23. The molecule has 0 aromatic heterocycles. The van der Waals surface area contributed by atoms with Gasteiger partial charge in [-0.2, -0.15) is 0 Å². The van der Waals surface area contributed by atoms with E-state index in [-0.39, 0.29) is 5.91 Å². The van der Waals surface area contributed by atoms with Gasteiger partial charge in [0.1, 0.15) is 0 Å². The van der Waals surface area contributed by atoms with Crippen LogP contribution < -0.4 is 15.5 Å². The zero-order valence-electron chi connectivity index (χ0n) is 16.4. The van der Waals surface area contributed by atoms with Crippen molar-refractivity contribution in [2.75, 3.05) is 45.2 Å². The Morgan fingerprint density at radius 3 is 2.63 bits per heavy atom. The van der Waals surface area contributed by atoms with E-state index in [1.807, 2.05) is 7.05 Å². The number of likely N-dealkylation sites (tertiary alicyclic amines) is 1. The fraction of sp³-hybridized carbons (Fsp3) is 0.524. The van der Waals surface area contributed by atoms with Gasteiger partial charge in [0.15, 0.2) is 5.96 Å². The minimum Gasteiger partial charge on any atom is -0.364 e. The molecule has 0 radical (unpaired) electrons. The van der Waals surface area contributed by atoms with Crippen molar-refractivity contribution in [3.63, 3.8) is 0 Å². The lowest BCUT2D eigenvalue weighted by Gasteiger charge is -2.34. The van der Waals surface area contributed by atoms with Crippen molar-refractivity contribution in [2.24, 2.45) is 10.9 Å². The molecular weight excluding hydrogens is 338 g/mol. The second-order valence-electron chi connectivity index (χ2n) is 7.25. The van der Waals surface area contributed by atoms with E-state index in [4.69, 9.17) is 0 Å². The van der Waals surface area contributed by atoms with Crippen molar-refractivity contribution in [3.05, 3.63) is 42.0 Å². The number of nitrogens with zero attached hydrogens (tertiary/aromatic N) is 3. The van der Waals surface area contributed by atoms with Gasteiger partial charge in [-0.15, -0.1) is 0 Å². The molecule has 1 saturated heterocycles. The first-order valence-corrected chi connectivity index (χ1v) is 9.84. The van der Waals surface area contributed by atoms with E-state index < -0.39 is 0 Å². The Morgan fingerprint density at radius 2 is 1.96 bits per heavy atom. The number of hydrogen-bond acceptors (Lipinski definition) is 3. The van der Waals surface area contributed by atoms with Crippen molar-refractivity contribution in [1.29, 1.82) is 0 Å². The average Bonchev–Trinajstić information content (AvgIpc) is 3.24. The van der Waals surface area contributed by atoms with Gasteiger partial charge in [0.2, 0.25) is 5.91 Å². The lowest BCUT2D eigenvalue weighted by molar-refractivity contribution is -0.121. The zero-order valence-corrected chi connectivity index (χ0v) is 16.4. The van der Waals surface area contributed by atoms with Crippen LogP contribution in [0, 0.1) is 5.92 Å². The number of hydrogen-bond donors (Lipinski definition) is 2. The summed E-state index contributed by atoms with van der Waals surface area (Å²) in [7, 11) is 3.55. The molecule has 2 aliphatic rings. The second-order valence-corrected chi connectivity index (χ2v) is 7.25. The molecule has 0 bridgehead atoms. The summed E-state index contributed by atoms with van der Waals surface area (Å²) < 4.78 is 0. The molecule has 6 nitrogen and oxygen atoms in total. The summed E-state index contributed by atoms with van der Waals surface area (Å²) in [6.07, 6.45) is 7.12. The van der Waals surface area contributed by atoms with Crippen molar-refractivity contribution < 1.29 is 4.79 Å². The number of benzene rings is 1. The van der Waals surface area contributed by atoms with Crippen LogP contribution in [0.5, 0.6) is 0 Å². The van der Waals surface area contributed by atoms with Crippen molar-refractivity contribution in [1.82, 2.24) is 15.5 Å². The highest BCUT2D eigenvalue weighted by molar-refractivity contribution is 5.80. The molecule has 0 aliphatic carbocycles. The Kier molecular flexibility index (Phi) is 6.74. The van der Waals surface area contributed by atoms with E-state index in [0.717, 1.165) is 51.5 Å². The average molecular weight is 370 g/mol. The summed E-state index contributed by atoms with van der Waals surface area (Å²) in [6, 6.07) is 8.70. The fourth-order valence-electron chi connectivity index (χ4n) is 3.78. The van der Waals surface area contributed by atoms with Gasteiger partial charge in [-0.05, 0) is 36.5 Å². The SMILES string of the molecule is CN=C(NCc1cccc(N2CC=CC2)c1)N1CCC(CC(=O)NC)CC1. The van der Waals surface area contributed by atoms with E-state index in [2.05, 4.69) is 61.8 Å². The summed E-state index contributed by atoms with van der Waals surface area (Å²) in [5.41, 5.74) is 2.53. The standard InChI is InChI=1S/C21H31N5O/c1-22-20(27)15-17-8-12-26(13-9-17)21(23-2)24-16-18-6-5-7-19(14-18)25-10-3-4-11-25/h3-7,14,17H,8-13,15-16H2,1-2H3,(H,22,27)(H,23,24). The zero-order chi connectivity index (χ0) is 19.1. The quantitative estimate of drug-likeness (QED) is 0.473. The summed E-state index contributed by atoms with van der Waals surface area (Å²) in [4.78, 5) is 20.7. The topological polar surface area (TPSA) is 60.0 Å². The van der Waals surface area contributed by atoms with Crippen LogP contribution in [-0.4, -0.2) is 57.0 Å². The van der Waals surface area contributed by atoms with E-state index in [1.165, 1.54) is 11.3 Å². The predicted octanol–water partition coefficient (Wildman–Crippen LogP) is 1.99. The molecule has 3 rings (SSSR count). The van der Waals surface area contributed by atoms with Crippen LogP contribution in [-0.2, 0) is 11.3 Å². The van der Waals surface area contributed by atoms with E-state index in [9.17, 15) is 4.79 Å². The molecule has 146 valence electrons. The minimum absolute atomic E-state index is 0.143. The minimum atomic E-state index is 0.143. The van der Waals surface area contributed by atoms with Crippen LogP contribution >= 0.6 is 0 Å². The Morgan fingerprint density at radius 1 is 1.22 bits per heavy atom. The Balaban J connectivity index is 1.50. The van der Waals surface area contributed by atoms with Gasteiger partial charge in [0.05, 0.1) is 0 Å². The van der Waals surface area contributed by atoms with Gasteiger partial charge in [-0.25, -0.2) is 0 Å². The third-order valence-electron chi connectivity index (χ3n) is 5.42. The summed E-state index contributed by atoms with van der Waals surface area (Å²) in [5.74, 6) is 1.57. The highest BCUT2D eigenvalue weighted by atomic mass is 16.1. The number of aliphatic imine (C=N–C) groups is 1. The fourth-order valence-corrected chi connectivity index (χ4v) is 3.78. The predicted molar refractivity (Wildman–Crippen MR) is 111 cm³/mol. The Labute approximate surface area is 162 Å². The number of nitrogens with one attached hydrogen (secondary N) is 2. The molecule has 0 unspecified atom stereocenters. The molecule has 1 aromatic rings. The third kappa shape index (κ3) is 5.25. The van der Waals surface area contributed by atoms with Crippen LogP contribution in [0.2, 0.25) is 0 Å². The van der Waals surface area contributed by atoms with Crippen LogP contribution in [0.1, 0.15) is 24.8 Å². The smallest absolute Gasteiger partial charge is 0.220 e. The molecule has 27 heavy (non-hydrogen) atoms. The van der Waals surface area contributed by atoms with Crippen molar-refractivity contribution in [2.45, 2.75) is 25.8 Å². The van der Waals surface area contributed by atoms with Crippen LogP contribution in [0.25, 0.3) is 0 Å². The Bertz CT molecular complexity index is 684. The van der Waals surface area contributed by atoms with Gasteiger partial charge in [0.25, 0.3) is 0 Å². The third-order valence-corrected chi connectivity index (χ3v) is 5.42. The second kappa shape index (κ2) is 9.44. The van der Waals surface area contributed by atoms with Gasteiger partial charge >= 0.3 is 0 Å². The van der Waals surface area contributed by atoms with Crippen LogP contribution in [0.3, 0.4) is 0 Å². The summed E-state index contributed by atoms with van der Waals surface area (Å²) in [5, 5.41) is 6.23. The summed E-state index contributed by atoms with van der Waals surface area (Å²) >= 11 is 0. The van der Waals surface area contributed by atoms with Crippen LogP contribution in [0.4, 0.5) is 5.69 Å². The van der Waals surface area contributed by atoms with Gasteiger partial charge in [0, 0.05) is 58.9 Å². The lowest BCUT2D eigenvalue weighted by atomic mass is 9.93. The van der Waals surface area contributed by atoms with Crippen molar-refractivity contribution in [3.8, 4) is 0 Å². The van der Waals surface area contributed by atoms with Crippen LogP contribution in [0.15, 0.2) is 41.4 Å². The first-order valence-electron chi connectivity index (χ1n) is 9.84. The number of carbonyl (C=O) groups excluding carboxylic acids is 1. The molecule has 1 fully saturated rings. The first-order chi connectivity index (χ1) is 13.2. The molecule has 0 spiro atoms. The molecule has 1 aromatic carbocycles. The molecule has 2 heterocycles. The number of anilines is 1. The number of rotatable bonds is 5. The molecule has 6 heteroatoms. The van der Waals surface area contributed by atoms with E-state index in [1.54, 1.807) is 7.05 Å².